The Balaban J connectivity index is 4.72. The van der Waals surface area contributed by atoms with E-state index in [0.717, 1.165) is 0 Å². The van der Waals surface area contributed by atoms with Gasteiger partial charge in [0.1, 0.15) is 0 Å². The first-order valence-electron chi connectivity index (χ1n) is 5.31. The molecule has 0 aromatic rings. The first-order chi connectivity index (χ1) is 6.65. The second kappa shape index (κ2) is 4.94. The van der Waals surface area contributed by atoms with Crippen LogP contribution in [0.5, 0.6) is 0 Å². The lowest BCUT2D eigenvalue weighted by atomic mass is 9.72. The van der Waals surface area contributed by atoms with E-state index in [-0.39, 0.29) is 12.5 Å². The van der Waals surface area contributed by atoms with Crippen LogP contribution in [0.15, 0.2) is 0 Å². The fourth-order valence-electron chi connectivity index (χ4n) is 1.60. The van der Waals surface area contributed by atoms with Gasteiger partial charge in [0.15, 0.2) is 0 Å². The highest BCUT2D eigenvalue weighted by Gasteiger charge is 2.41. The van der Waals surface area contributed by atoms with E-state index in [2.05, 4.69) is 0 Å². The van der Waals surface area contributed by atoms with E-state index in [1.165, 1.54) is 0 Å². The molecule has 0 amide bonds. The minimum atomic E-state index is -0.917. The maximum absolute atomic E-state index is 11.2. The highest BCUT2D eigenvalue weighted by Crippen LogP contribution is 2.34. The summed E-state index contributed by atoms with van der Waals surface area (Å²) in [5, 5.41) is 18.8. The second-order valence-corrected chi connectivity index (χ2v) is 5.13. The molecule has 0 radical (unpaired) electrons. The van der Waals surface area contributed by atoms with Crippen LogP contribution in [0.25, 0.3) is 0 Å². The Bertz CT molecular complexity index is 220. The Labute approximate surface area is 91.5 Å². The molecule has 4 N–H and O–H groups in total. The quantitative estimate of drug-likeness (QED) is 0.624. The number of nitrogens with two attached hydrogens (primary N) is 1. The van der Waals surface area contributed by atoms with Crippen LogP contribution < -0.4 is 5.73 Å². The molecule has 0 aliphatic heterocycles. The Hall–Kier alpha value is -0.610. The van der Waals surface area contributed by atoms with E-state index in [1.807, 2.05) is 13.8 Å². The van der Waals surface area contributed by atoms with Crippen LogP contribution in [-0.4, -0.2) is 28.3 Å². The van der Waals surface area contributed by atoms with Crippen LogP contribution >= 0.6 is 0 Å². The van der Waals surface area contributed by atoms with Gasteiger partial charge in [-0.25, -0.2) is 0 Å². The van der Waals surface area contributed by atoms with Crippen molar-refractivity contribution in [2.75, 3.05) is 6.54 Å². The lowest BCUT2D eigenvalue weighted by molar-refractivity contribution is -0.152. The van der Waals surface area contributed by atoms with E-state index in [9.17, 15) is 15.0 Å². The highest BCUT2D eigenvalue weighted by molar-refractivity contribution is 5.75. The zero-order chi connectivity index (χ0) is 12.3. The molecule has 15 heavy (non-hydrogen) atoms. The third kappa shape index (κ3) is 3.80. The van der Waals surface area contributed by atoms with Crippen molar-refractivity contribution in [3.8, 4) is 0 Å². The van der Waals surface area contributed by atoms with Crippen LogP contribution in [0.2, 0.25) is 0 Å². The molecule has 4 nitrogen and oxygen atoms in total. The topological polar surface area (TPSA) is 83.5 Å². The molecule has 1 atom stereocenters. The molecule has 0 aromatic carbocycles. The van der Waals surface area contributed by atoms with Gasteiger partial charge in [0, 0.05) is 6.54 Å². The van der Waals surface area contributed by atoms with Crippen LogP contribution in [0, 0.1) is 11.3 Å². The molecule has 0 fully saturated rings. The molecule has 0 bridgehead atoms. The molecular formula is C11H23NO3. The molecule has 0 saturated heterocycles. The number of aliphatic carboxylic acids is 1. The number of aliphatic hydroxyl groups is 1. The smallest absolute Gasteiger partial charge is 0.311 e. The van der Waals surface area contributed by atoms with Crippen molar-refractivity contribution >= 4 is 5.97 Å². The van der Waals surface area contributed by atoms with Gasteiger partial charge in [-0.1, -0.05) is 13.8 Å². The van der Waals surface area contributed by atoms with E-state index >= 15 is 0 Å². The molecule has 0 aliphatic rings. The third-order valence-electron chi connectivity index (χ3n) is 3.08. The van der Waals surface area contributed by atoms with E-state index < -0.39 is 17.0 Å². The zero-order valence-electron chi connectivity index (χ0n) is 10.1. The predicted molar refractivity (Wildman–Crippen MR) is 59.5 cm³/mol. The Morgan fingerprint density at radius 2 is 1.80 bits per heavy atom. The SMILES string of the molecule is CC(C)C(CN)(CCC(C)(C)O)C(=O)O. The first-order valence-corrected chi connectivity index (χ1v) is 5.31. The van der Waals surface area contributed by atoms with Crippen molar-refractivity contribution < 1.29 is 15.0 Å². The average Bonchev–Trinajstić information content (AvgIpc) is 2.02. The van der Waals surface area contributed by atoms with Gasteiger partial charge in [0.2, 0.25) is 0 Å². The minimum absolute atomic E-state index is 0.0395. The molecule has 90 valence electrons. The lowest BCUT2D eigenvalue weighted by Gasteiger charge is -2.34. The molecule has 0 heterocycles. The van der Waals surface area contributed by atoms with Gasteiger partial charge < -0.3 is 15.9 Å². The fourth-order valence-corrected chi connectivity index (χ4v) is 1.60. The summed E-state index contributed by atoms with van der Waals surface area (Å²) in [4.78, 5) is 11.2. The fraction of sp³-hybridized carbons (Fsp3) is 0.909. The second-order valence-electron chi connectivity index (χ2n) is 5.13. The number of hydrogen-bond acceptors (Lipinski definition) is 3. The van der Waals surface area contributed by atoms with Crippen LogP contribution in [0.4, 0.5) is 0 Å². The molecule has 1 unspecified atom stereocenters. The maximum atomic E-state index is 11.2. The Morgan fingerprint density at radius 3 is 2.00 bits per heavy atom. The van der Waals surface area contributed by atoms with Gasteiger partial charge in [-0.2, -0.15) is 0 Å². The summed E-state index contributed by atoms with van der Waals surface area (Å²) in [7, 11) is 0. The van der Waals surface area contributed by atoms with Gasteiger partial charge >= 0.3 is 5.97 Å². The largest absolute Gasteiger partial charge is 0.481 e. The van der Waals surface area contributed by atoms with Crippen molar-refractivity contribution in [1.29, 1.82) is 0 Å². The number of carboxylic acid groups (broad SMARTS) is 1. The summed E-state index contributed by atoms with van der Waals surface area (Å²) >= 11 is 0. The monoisotopic (exact) mass is 217 g/mol. The van der Waals surface area contributed by atoms with Crippen molar-refractivity contribution in [1.82, 2.24) is 0 Å². The molecule has 0 rings (SSSR count). The minimum Gasteiger partial charge on any atom is -0.481 e. The highest BCUT2D eigenvalue weighted by atomic mass is 16.4. The van der Waals surface area contributed by atoms with Crippen LogP contribution in [0.1, 0.15) is 40.5 Å². The van der Waals surface area contributed by atoms with Crippen LogP contribution in [0.3, 0.4) is 0 Å². The zero-order valence-corrected chi connectivity index (χ0v) is 10.1. The van der Waals surface area contributed by atoms with Gasteiger partial charge in [0.25, 0.3) is 0 Å². The van der Waals surface area contributed by atoms with Crippen molar-refractivity contribution in [2.45, 2.75) is 46.1 Å². The van der Waals surface area contributed by atoms with E-state index in [4.69, 9.17) is 5.73 Å². The van der Waals surface area contributed by atoms with Crippen LogP contribution in [-0.2, 0) is 4.79 Å². The third-order valence-corrected chi connectivity index (χ3v) is 3.08. The van der Waals surface area contributed by atoms with Crippen molar-refractivity contribution in [2.24, 2.45) is 17.1 Å². The molecule has 0 spiro atoms. The molecule has 0 aromatic heterocycles. The van der Waals surface area contributed by atoms with Gasteiger partial charge in [-0.3, -0.25) is 4.79 Å². The number of carbonyl (C=O) groups is 1. The first kappa shape index (κ1) is 14.4. The van der Waals surface area contributed by atoms with E-state index in [0.29, 0.717) is 12.8 Å². The molecule has 0 aliphatic carbocycles. The summed E-state index contributed by atoms with van der Waals surface area (Å²) in [6.45, 7) is 7.17. The summed E-state index contributed by atoms with van der Waals surface area (Å²) < 4.78 is 0. The summed E-state index contributed by atoms with van der Waals surface area (Å²) in [6, 6.07) is 0. The molecule has 0 saturated carbocycles. The van der Waals surface area contributed by atoms with Gasteiger partial charge in [-0.05, 0) is 32.6 Å². The number of rotatable bonds is 6. The lowest BCUT2D eigenvalue weighted by Crippen LogP contribution is -2.44. The maximum Gasteiger partial charge on any atom is 0.311 e. The molecular weight excluding hydrogens is 194 g/mol. The van der Waals surface area contributed by atoms with Crippen molar-refractivity contribution in [3.63, 3.8) is 0 Å². The number of hydrogen-bond donors (Lipinski definition) is 3. The Morgan fingerprint density at radius 1 is 1.33 bits per heavy atom. The standard InChI is InChI=1S/C11H23NO3/c1-8(2)11(7-12,9(13)14)6-5-10(3,4)15/h8,15H,5-7,12H2,1-4H3,(H,13,14). The van der Waals surface area contributed by atoms with Crippen molar-refractivity contribution in [3.05, 3.63) is 0 Å². The normalized spacial score (nSPS) is 16.5. The Kier molecular flexibility index (Phi) is 4.74. The number of carboxylic acids is 1. The predicted octanol–water partition coefficient (Wildman–Crippen LogP) is 1.22. The summed E-state index contributed by atoms with van der Waals surface area (Å²) in [6.07, 6.45) is 0.842. The summed E-state index contributed by atoms with van der Waals surface area (Å²) in [5.74, 6) is -0.911. The van der Waals surface area contributed by atoms with E-state index in [1.54, 1.807) is 13.8 Å². The average molecular weight is 217 g/mol. The van der Waals surface area contributed by atoms with Gasteiger partial charge in [0.05, 0.1) is 11.0 Å². The van der Waals surface area contributed by atoms with Gasteiger partial charge in [-0.15, -0.1) is 0 Å². The molecule has 4 heteroatoms. The summed E-state index contributed by atoms with van der Waals surface area (Å²) in [5.41, 5.74) is 3.82.